The molecule has 4 nitrogen and oxygen atoms in total. The van der Waals surface area contributed by atoms with Gasteiger partial charge < -0.3 is 14.9 Å². The average Bonchev–Trinajstić information content (AvgIpc) is 2.04. The van der Waals surface area contributed by atoms with Crippen LogP contribution in [-0.4, -0.2) is 56.6 Å². The van der Waals surface area contributed by atoms with E-state index in [-0.39, 0.29) is 6.02 Å². The zero-order valence-electron chi connectivity index (χ0n) is 8.37. The van der Waals surface area contributed by atoms with E-state index in [1.54, 1.807) is 4.90 Å². The highest BCUT2D eigenvalue weighted by atomic mass is 16.3. The molecule has 0 aliphatic carbocycles. The number of aliphatic imine (C=N–C) groups is 1. The van der Waals surface area contributed by atoms with Gasteiger partial charge >= 0.3 is 0 Å². The Balaban J connectivity index is 3.84. The van der Waals surface area contributed by atoms with Crippen molar-refractivity contribution in [3.8, 4) is 0 Å². The minimum atomic E-state index is -0.126. The predicted octanol–water partition coefficient (Wildman–Crippen LogP) is -0.784. The number of hydrogen-bond acceptors (Lipinski definition) is 3. The predicted molar refractivity (Wildman–Crippen MR) is 49.2 cm³/mol. The first-order valence-electron chi connectivity index (χ1n) is 4.15. The van der Waals surface area contributed by atoms with Crippen molar-refractivity contribution in [2.75, 3.05) is 40.8 Å². The molecular formula is C8H18N3O-. The molecule has 0 unspecified atom stereocenters. The summed E-state index contributed by atoms with van der Waals surface area (Å²) in [5, 5.41) is 11.1. The van der Waals surface area contributed by atoms with Crippen LogP contribution >= 0.6 is 0 Å². The maximum Gasteiger partial charge on any atom is 0.0495 e. The summed E-state index contributed by atoms with van der Waals surface area (Å²) in [4.78, 5) is 7.38. The molecule has 0 aromatic carbocycles. The molecule has 0 bridgehead atoms. The second-order valence-corrected chi connectivity index (χ2v) is 2.89. The quantitative estimate of drug-likeness (QED) is 0.412. The number of hydrogen-bond donors (Lipinski definition) is 0. The summed E-state index contributed by atoms with van der Waals surface area (Å²) in [5.41, 5.74) is 0. The Hall–Kier alpha value is -0.770. The highest BCUT2D eigenvalue weighted by molar-refractivity contribution is 5.68. The fourth-order valence-corrected chi connectivity index (χ4v) is 0.851. The number of nitrogens with zero attached hydrogens (tertiary/aromatic N) is 3. The molecule has 0 aromatic rings. The van der Waals surface area contributed by atoms with E-state index >= 15 is 0 Å². The maximum absolute atomic E-state index is 11.1. The van der Waals surface area contributed by atoms with E-state index in [1.807, 2.05) is 25.9 Å². The molecule has 0 saturated heterocycles. The van der Waals surface area contributed by atoms with Gasteiger partial charge in [-0.3, -0.25) is 4.99 Å². The molecule has 0 saturated carbocycles. The fourth-order valence-electron chi connectivity index (χ4n) is 0.851. The molecule has 72 valence electrons. The zero-order chi connectivity index (χ0) is 9.56. The average molecular weight is 172 g/mol. The Bertz CT molecular complexity index is 145. The molecule has 0 heterocycles. The summed E-state index contributed by atoms with van der Waals surface area (Å²) in [5.74, 6) is 0. The molecule has 0 spiro atoms. The maximum atomic E-state index is 11.1. The highest BCUT2D eigenvalue weighted by Crippen LogP contribution is 1.87. The van der Waals surface area contributed by atoms with Crippen molar-refractivity contribution in [1.82, 2.24) is 9.80 Å². The summed E-state index contributed by atoms with van der Waals surface area (Å²) in [7, 11) is 5.50. The molecule has 0 aliphatic heterocycles. The van der Waals surface area contributed by atoms with Gasteiger partial charge in [-0.15, -0.1) is 0 Å². The van der Waals surface area contributed by atoms with E-state index in [2.05, 4.69) is 4.99 Å². The van der Waals surface area contributed by atoms with Crippen molar-refractivity contribution < 1.29 is 5.11 Å². The van der Waals surface area contributed by atoms with Crippen LogP contribution in [-0.2, 0) is 0 Å². The van der Waals surface area contributed by atoms with Crippen molar-refractivity contribution in [3.63, 3.8) is 0 Å². The monoisotopic (exact) mass is 172 g/mol. The summed E-state index contributed by atoms with van der Waals surface area (Å²) >= 11 is 0. The van der Waals surface area contributed by atoms with E-state index < -0.39 is 0 Å². The molecular weight excluding hydrogens is 154 g/mol. The minimum Gasteiger partial charge on any atom is -0.846 e. The van der Waals surface area contributed by atoms with Crippen LogP contribution in [0.2, 0.25) is 0 Å². The van der Waals surface area contributed by atoms with E-state index in [9.17, 15) is 5.11 Å². The van der Waals surface area contributed by atoms with E-state index in [4.69, 9.17) is 0 Å². The minimum absolute atomic E-state index is 0.126. The summed E-state index contributed by atoms with van der Waals surface area (Å²) in [6, 6.07) is -0.126. The first-order chi connectivity index (χ1) is 5.61. The van der Waals surface area contributed by atoms with Gasteiger partial charge in [-0.1, -0.05) is 0 Å². The van der Waals surface area contributed by atoms with Gasteiger partial charge in [-0.05, 0) is 21.0 Å². The van der Waals surface area contributed by atoms with Gasteiger partial charge in [0.2, 0.25) is 0 Å². The second-order valence-electron chi connectivity index (χ2n) is 2.89. The molecule has 4 heteroatoms. The first-order valence-corrected chi connectivity index (χ1v) is 4.15. The molecule has 12 heavy (non-hydrogen) atoms. The van der Waals surface area contributed by atoms with Crippen LogP contribution in [0.25, 0.3) is 0 Å². The van der Waals surface area contributed by atoms with Gasteiger partial charge in [0, 0.05) is 32.7 Å². The third kappa shape index (κ3) is 4.18. The zero-order valence-corrected chi connectivity index (χ0v) is 8.37. The molecule has 0 aromatic heterocycles. The van der Waals surface area contributed by atoms with Crippen LogP contribution in [0.5, 0.6) is 0 Å². The van der Waals surface area contributed by atoms with Crippen molar-refractivity contribution in [2.45, 2.75) is 6.92 Å². The molecule has 0 amide bonds. The van der Waals surface area contributed by atoms with Gasteiger partial charge in [0.25, 0.3) is 0 Å². The summed E-state index contributed by atoms with van der Waals surface area (Å²) < 4.78 is 0. The number of rotatable bonds is 4. The lowest BCUT2D eigenvalue weighted by Crippen LogP contribution is -2.43. The lowest BCUT2D eigenvalue weighted by atomic mass is 10.5. The standard InChI is InChI=1S/C8H19N3O/c1-5-11(8(12)9-2)7-6-10(3)4/h5-7H2,1-4H3,(H,9,12)/p-1. The number of likely N-dealkylation sites (N-methyl/N-ethyl adjacent to an activating group) is 2. The lowest BCUT2D eigenvalue weighted by Gasteiger charge is -2.29. The first kappa shape index (κ1) is 11.2. The SMILES string of the molecule is CCN(CCN(C)C)C([O-])=NC. The normalized spacial score (nSPS) is 12.2. The van der Waals surface area contributed by atoms with Gasteiger partial charge in [-0.2, -0.15) is 0 Å². The van der Waals surface area contributed by atoms with Crippen LogP contribution in [0.3, 0.4) is 0 Å². The summed E-state index contributed by atoms with van der Waals surface area (Å²) in [6.07, 6.45) is 0. The fraction of sp³-hybridized carbons (Fsp3) is 0.875. The number of amidine groups is 1. The van der Waals surface area contributed by atoms with E-state index in [0.29, 0.717) is 0 Å². The van der Waals surface area contributed by atoms with Gasteiger partial charge in [0.1, 0.15) is 0 Å². The molecule has 0 aliphatic rings. The van der Waals surface area contributed by atoms with Gasteiger partial charge in [0.15, 0.2) is 0 Å². The Labute approximate surface area is 74.5 Å². The van der Waals surface area contributed by atoms with Crippen molar-refractivity contribution in [3.05, 3.63) is 0 Å². The van der Waals surface area contributed by atoms with Crippen LogP contribution in [0.15, 0.2) is 4.99 Å². The van der Waals surface area contributed by atoms with E-state index in [0.717, 1.165) is 19.6 Å². The van der Waals surface area contributed by atoms with Crippen molar-refractivity contribution >= 4 is 6.02 Å². The van der Waals surface area contributed by atoms with Crippen LogP contribution in [0.1, 0.15) is 6.92 Å². The van der Waals surface area contributed by atoms with Gasteiger partial charge in [-0.25, -0.2) is 0 Å². The lowest BCUT2D eigenvalue weighted by molar-refractivity contribution is -0.235. The molecule has 0 rings (SSSR count). The van der Waals surface area contributed by atoms with E-state index in [1.165, 1.54) is 7.05 Å². The smallest absolute Gasteiger partial charge is 0.0495 e. The van der Waals surface area contributed by atoms with Crippen LogP contribution in [0, 0.1) is 0 Å². The van der Waals surface area contributed by atoms with Crippen molar-refractivity contribution in [1.29, 1.82) is 0 Å². The Morgan fingerprint density at radius 3 is 2.25 bits per heavy atom. The largest absolute Gasteiger partial charge is 0.846 e. The molecule has 0 N–H and O–H groups in total. The van der Waals surface area contributed by atoms with Crippen molar-refractivity contribution in [2.24, 2.45) is 4.99 Å². The molecule has 0 fully saturated rings. The van der Waals surface area contributed by atoms with Gasteiger partial charge in [0.05, 0.1) is 0 Å². The molecule has 0 atom stereocenters. The Morgan fingerprint density at radius 1 is 1.33 bits per heavy atom. The highest BCUT2D eigenvalue weighted by Gasteiger charge is 1.99. The van der Waals surface area contributed by atoms with Crippen LogP contribution < -0.4 is 5.11 Å². The summed E-state index contributed by atoms with van der Waals surface area (Å²) in [6.45, 7) is 4.32. The van der Waals surface area contributed by atoms with Crippen LogP contribution in [0.4, 0.5) is 0 Å². The molecule has 0 radical (unpaired) electrons. The Morgan fingerprint density at radius 2 is 1.92 bits per heavy atom. The Kier molecular flexibility index (Phi) is 5.45. The topological polar surface area (TPSA) is 41.9 Å². The second kappa shape index (κ2) is 5.83. The third-order valence-electron chi connectivity index (χ3n) is 1.66. The third-order valence-corrected chi connectivity index (χ3v) is 1.66.